The molecule has 3 rings (SSSR count). The fourth-order valence-corrected chi connectivity index (χ4v) is 3.62. The van der Waals surface area contributed by atoms with Crippen molar-refractivity contribution in [3.05, 3.63) is 30.1 Å². The number of amides is 2. The zero-order chi connectivity index (χ0) is 16.9. The van der Waals surface area contributed by atoms with Gasteiger partial charge in [0.1, 0.15) is 0 Å². The lowest BCUT2D eigenvalue weighted by Gasteiger charge is -2.37. The topological polar surface area (TPSA) is 57.7 Å². The molecular formula is C18H28N4O2. The molecule has 2 fully saturated rings. The van der Waals surface area contributed by atoms with Crippen LogP contribution in [0.15, 0.2) is 24.4 Å². The Morgan fingerprint density at radius 3 is 2.54 bits per heavy atom. The van der Waals surface area contributed by atoms with Gasteiger partial charge < -0.3 is 15.0 Å². The molecule has 1 N–H and O–H groups in total. The van der Waals surface area contributed by atoms with Gasteiger partial charge in [0, 0.05) is 45.0 Å². The van der Waals surface area contributed by atoms with E-state index in [-0.39, 0.29) is 24.3 Å². The smallest absolute Gasteiger partial charge is 0.317 e. The molecule has 0 spiro atoms. The quantitative estimate of drug-likeness (QED) is 0.918. The molecule has 3 heterocycles. The van der Waals surface area contributed by atoms with Crippen molar-refractivity contribution >= 4 is 6.03 Å². The van der Waals surface area contributed by atoms with Gasteiger partial charge in [-0.1, -0.05) is 6.07 Å². The highest BCUT2D eigenvalue weighted by atomic mass is 16.5. The van der Waals surface area contributed by atoms with Crippen LogP contribution in [0, 0.1) is 0 Å². The molecule has 132 valence electrons. The van der Waals surface area contributed by atoms with Crippen LogP contribution in [-0.2, 0) is 11.3 Å². The van der Waals surface area contributed by atoms with Crippen molar-refractivity contribution < 1.29 is 9.53 Å². The molecule has 6 nitrogen and oxygen atoms in total. The molecule has 0 unspecified atom stereocenters. The Kier molecular flexibility index (Phi) is 5.68. The van der Waals surface area contributed by atoms with Gasteiger partial charge in [0.15, 0.2) is 0 Å². The van der Waals surface area contributed by atoms with Gasteiger partial charge in [-0.2, -0.15) is 0 Å². The molecule has 1 aromatic rings. The van der Waals surface area contributed by atoms with E-state index in [1.807, 2.05) is 29.3 Å². The minimum Gasteiger partial charge on any atom is -0.375 e. The molecule has 0 aliphatic carbocycles. The van der Waals surface area contributed by atoms with Crippen LogP contribution in [0.5, 0.6) is 0 Å². The summed E-state index contributed by atoms with van der Waals surface area (Å²) in [6, 6.07) is 6.29. The standard InChI is InChI=1S/C18H28N4O2/c1-14-11-17(12-15(2)24-14)20-18(23)22-9-7-21(8-10-22)13-16-5-3-4-6-19-16/h3-6,14-15,17H,7-13H2,1-2H3,(H,20,23)/t14-,15-/m1/s1. The molecule has 2 amide bonds. The maximum atomic E-state index is 12.5. The van der Waals surface area contributed by atoms with Crippen molar-refractivity contribution in [2.45, 2.75) is 51.5 Å². The number of hydrogen-bond donors (Lipinski definition) is 1. The molecule has 2 saturated heterocycles. The second-order valence-corrected chi connectivity index (χ2v) is 6.96. The molecule has 0 saturated carbocycles. The average molecular weight is 332 g/mol. The predicted molar refractivity (Wildman–Crippen MR) is 92.6 cm³/mol. The number of carbonyl (C=O) groups excluding carboxylic acids is 1. The molecule has 0 aromatic carbocycles. The van der Waals surface area contributed by atoms with E-state index in [9.17, 15) is 4.79 Å². The van der Waals surface area contributed by atoms with Gasteiger partial charge in [-0.15, -0.1) is 0 Å². The van der Waals surface area contributed by atoms with Gasteiger partial charge in [-0.05, 0) is 38.8 Å². The molecule has 24 heavy (non-hydrogen) atoms. The number of rotatable bonds is 3. The summed E-state index contributed by atoms with van der Waals surface area (Å²) in [7, 11) is 0. The van der Waals surface area contributed by atoms with Crippen LogP contribution in [0.25, 0.3) is 0 Å². The first-order valence-electron chi connectivity index (χ1n) is 8.93. The summed E-state index contributed by atoms with van der Waals surface area (Å²) in [6.07, 6.45) is 4.06. The van der Waals surface area contributed by atoms with Gasteiger partial charge in [-0.25, -0.2) is 4.79 Å². The Labute approximate surface area is 144 Å². The molecule has 6 heteroatoms. The van der Waals surface area contributed by atoms with Gasteiger partial charge in [0.25, 0.3) is 0 Å². The minimum absolute atomic E-state index is 0.0683. The summed E-state index contributed by atoms with van der Waals surface area (Å²) in [5, 5.41) is 3.19. The van der Waals surface area contributed by atoms with E-state index in [1.165, 1.54) is 0 Å². The zero-order valence-electron chi connectivity index (χ0n) is 14.6. The van der Waals surface area contributed by atoms with Crippen LogP contribution in [-0.4, -0.2) is 65.2 Å². The van der Waals surface area contributed by atoms with E-state index in [1.54, 1.807) is 0 Å². The van der Waals surface area contributed by atoms with Crippen LogP contribution in [0.1, 0.15) is 32.4 Å². The van der Waals surface area contributed by atoms with Crippen molar-refractivity contribution in [3.63, 3.8) is 0 Å². The van der Waals surface area contributed by atoms with E-state index in [0.717, 1.165) is 51.3 Å². The van der Waals surface area contributed by atoms with E-state index < -0.39 is 0 Å². The van der Waals surface area contributed by atoms with Gasteiger partial charge in [0.2, 0.25) is 0 Å². The van der Waals surface area contributed by atoms with Crippen LogP contribution in [0.3, 0.4) is 0 Å². The summed E-state index contributed by atoms with van der Waals surface area (Å²) in [5.41, 5.74) is 1.08. The summed E-state index contributed by atoms with van der Waals surface area (Å²) in [5.74, 6) is 0. The summed E-state index contributed by atoms with van der Waals surface area (Å²) >= 11 is 0. The van der Waals surface area contributed by atoms with E-state index in [0.29, 0.717) is 0 Å². The first-order chi connectivity index (χ1) is 11.6. The lowest BCUT2D eigenvalue weighted by molar-refractivity contribution is -0.0408. The second-order valence-electron chi connectivity index (χ2n) is 6.96. The number of urea groups is 1. The Bertz CT molecular complexity index is 521. The molecule has 0 radical (unpaired) electrons. The number of nitrogens with zero attached hydrogens (tertiary/aromatic N) is 3. The number of ether oxygens (including phenoxy) is 1. The Hall–Kier alpha value is -1.66. The van der Waals surface area contributed by atoms with Crippen LogP contribution >= 0.6 is 0 Å². The highest BCUT2D eigenvalue weighted by molar-refractivity contribution is 5.74. The van der Waals surface area contributed by atoms with Gasteiger partial charge in [-0.3, -0.25) is 9.88 Å². The lowest BCUT2D eigenvalue weighted by Crippen LogP contribution is -2.54. The number of aromatic nitrogens is 1. The number of carbonyl (C=O) groups is 1. The zero-order valence-corrected chi connectivity index (χ0v) is 14.6. The fourth-order valence-electron chi connectivity index (χ4n) is 3.62. The third-order valence-corrected chi connectivity index (χ3v) is 4.80. The molecule has 0 bridgehead atoms. The molecule has 2 aliphatic heterocycles. The second kappa shape index (κ2) is 7.94. The van der Waals surface area contributed by atoms with Crippen molar-refractivity contribution in [2.75, 3.05) is 26.2 Å². The normalized spacial score (nSPS) is 28.6. The molecule has 2 atom stereocenters. The molecule has 2 aliphatic rings. The molecule has 1 aromatic heterocycles. The average Bonchev–Trinajstić information content (AvgIpc) is 2.55. The van der Waals surface area contributed by atoms with E-state index in [2.05, 4.69) is 29.0 Å². The highest BCUT2D eigenvalue weighted by Crippen LogP contribution is 2.19. The maximum absolute atomic E-state index is 12.5. The number of hydrogen-bond acceptors (Lipinski definition) is 4. The maximum Gasteiger partial charge on any atom is 0.317 e. The SMILES string of the molecule is C[C@@H]1CC(NC(=O)N2CCN(Cc3ccccn3)CC2)C[C@@H](C)O1. The van der Waals surface area contributed by atoms with E-state index >= 15 is 0 Å². The largest absolute Gasteiger partial charge is 0.375 e. The van der Waals surface area contributed by atoms with Crippen molar-refractivity contribution in [1.29, 1.82) is 0 Å². The Morgan fingerprint density at radius 2 is 1.92 bits per heavy atom. The van der Waals surface area contributed by atoms with Crippen LogP contribution < -0.4 is 5.32 Å². The third kappa shape index (κ3) is 4.68. The molecular weight excluding hydrogens is 304 g/mol. The van der Waals surface area contributed by atoms with Crippen molar-refractivity contribution in [3.8, 4) is 0 Å². The highest BCUT2D eigenvalue weighted by Gasteiger charge is 2.28. The third-order valence-electron chi connectivity index (χ3n) is 4.80. The lowest BCUT2D eigenvalue weighted by atomic mass is 10.00. The first-order valence-corrected chi connectivity index (χ1v) is 8.93. The Morgan fingerprint density at radius 1 is 1.21 bits per heavy atom. The van der Waals surface area contributed by atoms with Crippen LogP contribution in [0.2, 0.25) is 0 Å². The predicted octanol–water partition coefficient (Wildman–Crippen LogP) is 1.86. The number of piperazine rings is 1. The van der Waals surface area contributed by atoms with Crippen molar-refractivity contribution in [1.82, 2.24) is 20.1 Å². The number of pyridine rings is 1. The van der Waals surface area contributed by atoms with Crippen LogP contribution in [0.4, 0.5) is 4.79 Å². The summed E-state index contributed by atoms with van der Waals surface area (Å²) in [6.45, 7) is 8.33. The fraction of sp³-hybridized carbons (Fsp3) is 0.667. The minimum atomic E-state index is 0.0683. The summed E-state index contributed by atoms with van der Waals surface area (Å²) < 4.78 is 5.74. The Balaban J connectivity index is 1.43. The number of nitrogens with one attached hydrogen (secondary N) is 1. The van der Waals surface area contributed by atoms with Gasteiger partial charge >= 0.3 is 6.03 Å². The van der Waals surface area contributed by atoms with E-state index in [4.69, 9.17) is 4.74 Å². The monoisotopic (exact) mass is 332 g/mol. The first kappa shape index (κ1) is 17.2. The summed E-state index contributed by atoms with van der Waals surface area (Å²) in [4.78, 5) is 21.1. The van der Waals surface area contributed by atoms with Gasteiger partial charge in [0.05, 0.1) is 17.9 Å². The van der Waals surface area contributed by atoms with Crippen molar-refractivity contribution in [2.24, 2.45) is 0 Å².